The lowest BCUT2D eigenvalue weighted by Crippen LogP contribution is -2.38. The number of nitrogens with two attached hydrogens (primary N) is 1. The third kappa shape index (κ3) is 2.58. The van der Waals surface area contributed by atoms with Gasteiger partial charge < -0.3 is 10.6 Å². The fourth-order valence-corrected chi connectivity index (χ4v) is 3.65. The highest BCUT2D eigenvalue weighted by molar-refractivity contribution is 7.91. The molecule has 0 bridgehead atoms. The number of sulfone groups is 1. The smallest absolute Gasteiger partial charge is 0.274 e. The summed E-state index contributed by atoms with van der Waals surface area (Å²) in [6.45, 7) is 0. The predicted octanol–water partition coefficient (Wildman–Crippen LogP) is -0.682. The summed E-state index contributed by atoms with van der Waals surface area (Å²) >= 11 is 0. The maximum atomic E-state index is 12.0. The predicted molar refractivity (Wildman–Crippen MR) is 65.6 cm³/mol. The molecule has 2 rings (SSSR count). The van der Waals surface area contributed by atoms with Gasteiger partial charge in [-0.15, -0.1) is 0 Å². The molecule has 2 heterocycles. The van der Waals surface area contributed by atoms with Crippen molar-refractivity contribution in [2.24, 2.45) is 0 Å². The number of aromatic nitrogens is 2. The van der Waals surface area contributed by atoms with E-state index in [1.165, 1.54) is 17.3 Å². The highest BCUT2D eigenvalue weighted by atomic mass is 32.2. The summed E-state index contributed by atoms with van der Waals surface area (Å²) < 4.78 is 22.7. The van der Waals surface area contributed by atoms with Gasteiger partial charge in [0.2, 0.25) is 0 Å². The molecule has 2 N–H and O–H groups in total. The third-order valence-electron chi connectivity index (χ3n) is 2.97. The maximum absolute atomic E-state index is 12.0. The number of rotatable bonds is 2. The van der Waals surface area contributed by atoms with E-state index < -0.39 is 9.84 Å². The van der Waals surface area contributed by atoms with Gasteiger partial charge in [0.25, 0.3) is 5.91 Å². The molecule has 98 valence electrons. The van der Waals surface area contributed by atoms with E-state index in [1.807, 2.05) is 0 Å². The zero-order chi connectivity index (χ0) is 13.3. The van der Waals surface area contributed by atoms with E-state index in [0.29, 0.717) is 6.42 Å². The number of nitrogens with zero attached hydrogens (tertiary/aromatic N) is 3. The molecule has 1 atom stereocenters. The van der Waals surface area contributed by atoms with E-state index in [4.69, 9.17) is 5.73 Å². The number of anilines is 1. The second-order valence-corrected chi connectivity index (χ2v) is 6.53. The van der Waals surface area contributed by atoms with Crippen LogP contribution >= 0.6 is 0 Å². The SMILES string of the molecule is CN(C(=O)c1cnc(N)cn1)C1CCS(=O)(=O)C1. The van der Waals surface area contributed by atoms with Gasteiger partial charge in [-0.25, -0.2) is 18.4 Å². The van der Waals surface area contributed by atoms with Crippen molar-refractivity contribution >= 4 is 21.6 Å². The van der Waals surface area contributed by atoms with Crippen LogP contribution in [0.4, 0.5) is 5.82 Å². The average Bonchev–Trinajstić information content (AvgIpc) is 2.69. The van der Waals surface area contributed by atoms with Gasteiger partial charge in [-0.2, -0.15) is 0 Å². The van der Waals surface area contributed by atoms with Crippen LogP contribution in [-0.2, 0) is 9.84 Å². The number of hydrogen-bond donors (Lipinski definition) is 1. The first-order valence-electron chi connectivity index (χ1n) is 5.44. The molecule has 1 fully saturated rings. The van der Waals surface area contributed by atoms with Crippen LogP contribution in [0.15, 0.2) is 12.4 Å². The molecule has 0 spiro atoms. The molecule has 0 aromatic carbocycles. The van der Waals surface area contributed by atoms with E-state index in [0.717, 1.165) is 0 Å². The molecular weight excluding hydrogens is 256 g/mol. The molecule has 1 saturated heterocycles. The Morgan fingerprint density at radius 3 is 2.67 bits per heavy atom. The van der Waals surface area contributed by atoms with Crippen molar-refractivity contribution in [1.29, 1.82) is 0 Å². The molecular formula is C10H14N4O3S. The van der Waals surface area contributed by atoms with Crippen LogP contribution in [0.5, 0.6) is 0 Å². The summed E-state index contributed by atoms with van der Waals surface area (Å²) in [5.74, 6) is 0.0302. The molecule has 18 heavy (non-hydrogen) atoms. The third-order valence-corrected chi connectivity index (χ3v) is 4.72. The lowest BCUT2D eigenvalue weighted by Gasteiger charge is -2.22. The summed E-state index contributed by atoms with van der Waals surface area (Å²) in [4.78, 5) is 21.1. The standard InChI is InChI=1S/C10H14N4O3S/c1-14(7-2-3-18(16,17)6-7)10(15)8-4-13-9(11)5-12-8/h4-5,7H,2-3,6H2,1H3,(H2,11,13). The van der Waals surface area contributed by atoms with Gasteiger partial charge in [0.1, 0.15) is 11.5 Å². The van der Waals surface area contributed by atoms with Crippen LogP contribution in [0.1, 0.15) is 16.9 Å². The second kappa shape index (κ2) is 4.52. The summed E-state index contributed by atoms with van der Waals surface area (Å²) in [5, 5.41) is 0. The first kappa shape index (κ1) is 12.7. The minimum Gasteiger partial charge on any atom is -0.382 e. The number of carbonyl (C=O) groups is 1. The Kier molecular flexibility index (Phi) is 3.20. The van der Waals surface area contributed by atoms with Crippen molar-refractivity contribution in [2.75, 3.05) is 24.3 Å². The van der Waals surface area contributed by atoms with Crippen LogP contribution in [0, 0.1) is 0 Å². The highest BCUT2D eigenvalue weighted by Crippen LogP contribution is 2.17. The van der Waals surface area contributed by atoms with E-state index in [1.54, 1.807) is 7.05 Å². The van der Waals surface area contributed by atoms with Gasteiger partial charge in [-0.3, -0.25) is 4.79 Å². The number of hydrogen-bond acceptors (Lipinski definition) is 6. The summed E-state index contributed by atoms with van der Waals surface area (Å²) in [5.41, 5.74) is 5.55. The Balaban J connectivity index is 2.12. The molecule has 1 aromatic heterocycles. The molecule has 7 nitrogen and oxygen atoms in total. The number of nitrogen functional groups attached to an aromatic ring is 1. The van der Waals surface area contributed by atoms with E-state index in [9.17, 15) is 13.2 Å². The van der Waals surface area contributed by atoms with Gasteiger partial charge >= 0.3 is 0 Å². The Labute approximate surface area is 105 Å². The number of amides is 1. The average molecular weight is 270 g/mol. The highest BCUT2D eigenvalue weighted by Gasteiger charge is 2.33. The van der Waals surface area contributed by atoms with Crippen LogP contribution < -0.4 is 5.73 Å². The number of carbonyl (C=O) groups excluding carboxylic acids is 1. The Morgan fingerprint density at radius 2 is 2.17 bits per heavy atom. The Hall–Kier alpha value is -1.70. The van der Waals surface area contributed by atoms with Crippen molar-refractivity contribution in [3.63, 3.8) is 0 Å². The van der Waals surface area contributed by atoms with Crippen molar-refractivity contribution in [3.05, 3.63) is 18.1 Å². The van der Waals surface area contributed by atoms with Gasteiger partial charge in [0, 0.05) is 13.1 Å². The molecule has 0 aliphatic carbocycles. The van der Waals surface area contributed by atoms with Crippen LogP contribution in [0.2, 0.25) is 0 Å². The first-order valence-corrected chi connectivity index (χ1v) is 7.26. The maximum Gasteiger partial charge on any atom is 0.274 e. The Bertz CT molecular complexity index is 555. The minimum atomic E-state index is -3.01. The zero-order valence-electron chi connectivity index (χ0n) is 9.91. The van der Waals surface area contributed by atoms with E-state index in [-0.39, 0.29) is 35.0 Å². The van der Waals surface area contributed by atoms with Crippen molar-refractivity contribution in [3.8, 4) is 0 Å². The van der Waals surface area contributed by atoms with Crippen LogP contribution in [-0.4, -0.2) is 53.8 Å². The van der Waals surface area contributed by atoms with Gasteiger partial charge in [-0.05, 0) is 6.42 Å². The molecule has 1 aliphatic heterocycles. The molecule has 1 aromatic rings. The first-order chi connectivity index (χ1) is 8.39. The monoisotopic (exact) mass is 270 g/mol. The van der Waals surface area contributed by atoms with Crippen molar-refractivity contribution in [1.82, 2.24) is 14.9 Å². The van der Waals surface area contributed by atoms with E-state index in [2.05, 4.69) is 9.97 Å². The van der Waals surface area contributed by atoms with Gasteiger partial charge in [0.15, 0.2) is 9.84 Å². The topological polar surface area (TPSA) is 106 Å². The molecule has 1 unspecified atom stereocenters. The molecule has 0 radical (unpaired) electrons. The Morgan fingerprint density at radius 1 is 1.44 bits per heavy atom. The summed E-state index contributed by atoms with van der Waals surface area (Å²) in [6, 6.07) is -0.290. The van der Waals surface area contributed by atoms with Crippen LogP contribution in [0.25, 0.3) is 0 Å². The molecule has 8 heteroatoms. The van der Waals surface area contributed by atoms with Gasteiger partial charge in [0.05, 0.1) is 23.9 Å². The minimum absolute atomic E-state index is 0.0115. The molecule has 1 aliphatic rings. The lowest BCUT2D eigenvalue weighted by atomic mass is 10.2. The molecule has 1 amide bonds. The van der Waals surface area contributed by atoms with E-state index >= 15 is 0 Å². The second-order valence-electron chi connectivity index (χ2n) is 4.30. The fraction of sp³-hybridized carbons (Fsp3) is 0.500. The largest absolute Gasteiger partial charge is 0.382 e. The van der Waals surface area contributed by atoms with Crippen molar-refractivity contribution in [2.45, 2.75) is 12.5 Å². The lowest BCUT2D eigenvalue weighted by molar-refractivity contribution is 0.0741. The quantitative estimate of drug-likeness (QED) is 0.763. The van der Waals surface area contributed by atoms with Crippen LogP contribution in [0.3, 0.4) is 0 Å². The normalized spacial score (nSPS) is 21.7. The van der Waals surface area contributed by atoms with Crippen molar-refractivity contribution < 1.29 is 13.2 Å². The van der Waals surface area contributed by atoms with Gasteiger partial charge in [-0.1, -0.05) is 0 Å². The summed E-state index contributed by atoms with van der Waals surface area (Å²) in [7, 11) is -1.44. The zero-order valence-corrected chi connectivity index (χ0v) is 10.7. The molecule has 0 saturated carbocycles. The fourth-order valence-electron chi connectivity index (χ4n) is 1.88. The summed E-state index contributed by atoms with van der Waals surface area (Å²) in [6.07, 6.45) is 3.05.